The normalized spacial score (nSPS) is 11.6. The number of fused-ring (bicyclic) bond motifs is 8. The van der Waals surface area contributed by atoms with Crippen LogP contribution in [-0.2, 0) is 13.1 Å². The van der Waals surface area contributed by atoms with Gasteiger partial charge in [-0.05, 0) is 83.6 Å². The summed E-state index contributed by atoms with van der Waals surface area (Å²) in [5.74, 6) is 0.587. The summed E-state index contributed by atoms with van der Waals surface area (Å²) in [4.78, 5) is 15.4. The smallest absolute Gasteiger partial charge is 0.125 e. The van der Waals surface area contributed by atoms with E-state index in [9.17, 15) is 0 Å². The number of pyridine rings is 1. The van der Waals surface area contributed by atoms with Crippen LogP contribution in [0, 0.1) is 0 Å². The van der Waals surface area contributed by atoms with Gasteiger partial charge in [0.2, 0.25) is 0 Å². The average molecular weight is 803 g/mol. The van der Waals surface area contributed by atoms with Crippen molar-refractivity contribution in [3.8, 4) is 27.9 Å². The lowest BCUT2D eigenvalue weighted by molar-refractivity contribution is 1.06. The van der Waals surface area contributed by atoms with Crippen molar-refractivity contribution < 1.29 is 0 Å². The predicted molar refractivity (Wildman–Crippen MR) is 256 cm³/mol. The number of thiol groups is 2. The maximum absolute atomic E-state index is 5.89. The number of amidine groups is 1. The zero-order valence-electron chi connectivity index (χ0n) is 32.3. The van der Waals surface area contributed by atoms with Crippen LogP contribution in [-0.4, -0.2) is 22.1 Å². The molecule has 0 unspecified atom stereocenters. The third-order valence-corrected chi connectivity index (χ3v) is 10.4. The first kappa shape index (κ1) is 39.0. The lowest BCUT2D eigenvalue weighted by Gasteiger charge is -2.27. The maximum atomic E-state index is 5.89. The van der Waals surface area contributed by atoms with Crippen LogP contribution < -0.4 is 10.6 Å². The van der Waals surface area contributed by atoms with Gasteiger partial charge in [0.15, 0.2) is 0 Å². The van der Waals surface area contributed by atoms with Crippen LogP contribution in [0.4, 0.5) is 17.1 Å². The van der Waals surface area contributed by atoms with Crippen molar-refractivity contribution >= 4 is 74.7 Å². The maximum Gasteiger partial charge on any atom is 0.125 e. The zero-order valence-corrected chi connectivity index (χ0v) is 34.1. The molecule has 2 aromatic heterocycles. The van der Waals surface area contributed by atoms with E-state index in [1.165, 1.54) is 33.2 Å². The molecule has 0 aliphatic carbocycles. The Morgan fingerprint density at radius 1 is 0.542 bits per heavy atom. The van der Waals surface area contributed by atoms with Crippen LogP contribution in [0.3, 0.4) is 0 Å². The molecule has 6 nitrogen and oxygen atoms in total. The Balaban J connectivity index is 0.000000226. The molecule has 288 valence electrons. The molecular formula is C51H42N6S2. The quantitative estimate of drug-likeness (QED) is 0.0650. The standard InChI is InChI=1S/C37H26N4.C14H14N2.H2S2/c1-38-23-25-10-9-13-27(20-25)41-36-18-19-39-24-33(36)32-21-30-28-14-5-7-16-34(28)40(26-11-3-2-4-12-26)35-17-8-6-15-29(35)31(30)22-37(32)41;15-14(13-9-5-2-6-10-13)16-11-12-7-3-1-4-8-12;1-2/h2-22,24H,1,23H2;1-10H,11H2,(H2,15,16);1-2H. The second kappa shape index (κ2) is 18.2. The summed E-state index contributed by atoms with van der Waals surface area (Å²) in [6.07, 6.45) is 3.86. The first-order valence-electron chi connectivity index (χ1n) is 19.2. The van der Waals surface area contributed by atoms with E-state index in [4.69, 9.17) is 5.73 Å². The molecule has 59 heavy (non-hydrogen) atoms. The second-order valence-electron chi connectivity index (χ2n) is 14.0. The lowest BCUT2D eigenvalue weighted by atomic mass is 9.93. The van der Waals surface area contributed by atoms with Gasteiger partial charge in [0, 0.05) is 51.2 Å². The van der Waals surface area contributed by atoms with E-state index < -0.39 is 0 Å². The van der Waals surface area contributed by atoms with Gasteiger partial charge in [-0.3, -0.25) is 15.0 Å². The average Bonchev–Trinajstić information content (AvgIpc) is 3.57. The summed E-state index contributed by atoms with van der Waals surface area (Å²) in [5.41, 5.74) is 20.8. The van der Waals surface area contributed by atoms with Gasteiger partial charge in [-0.2, -0.15) is 0 Å². The number of aromatic nitrogens is 2. The molecule has 0 bridgehead atoms. The number of nitrogens with zero attached hydrogens (tertiary/aromatic N) is 5. The minimum Gasteiger partial charge on any atom is -0.383 e. The van der Waals surface area contributed by atoms with Crippen LogP contribution >= 0.6 is 23.3 Å². The number of benzene rings is 7. The van der Waals surface area contributed by atoms with Gasteiger partial charge in [-0.25, -0.2) is 0 Å². The fraction of sp³-hybridized carbons (Fsp3) is 0.0392. The van der Waals surface area contributed by atoms with Gasteiger partial charge in [-0.1, -0.05) is 127 Å². The highest BCUT2D eigenvalue weighted by atomic mass is 33.1. The van der Waals surface area contributed by atoms with E-state index in [-0.39, 0.29) is 0 Å². The van der Waals surface area contributed by atoms with E-state index in [2.05, 4.69) is 176 Å². The Morgan fingerprint density at radius 2 is 1.12 bits per heavy atom. The van der Waals surface area contributed by atoms with Crippen LogP contribution in [0.5, 0.6) is 0 Å². The van der Waals surface area contributed by atoms with E-state index in [1.807, 2.05) is 73.1 Å². The molecule has 10 rings (SSSR count). The molecule has 1 aliphatic rings. The Labute approximate surface area is 355 Å². The van der Waals surface area contributed by atoms with Crippen LogP contribution in [0.2, 0.25) is 0 Å². The zero-order chi connectivity index (χ0) is 40.6. The molecular weight excluding hydrogens is 761 g/mol. The van der Waals surface area contributed by atoms with E-state index >= 15 is 0 Å². The number of anilines is 3. The topological polar surface area (TPSA) is 71.8 Å². The van der Waals surface area contributed by atoms with Crippen molar-refractivity contribution in [1.82, 2.24) is 9.55 Å². The molecule has 8 heteroatoms. The van der Waals surface area contributed by atoms with E-state index in [1.54, 1.807) is 0 Å². The van der Waals surface area contributed by atoms with Crippen molar-refractivity contribution in [1.29, 1.82) is 0 Å². The van der Waals surface area contributed by atoms with Crippen molar-refractivity contribution in [2.24, 2.45) is 15.7 Å². The summed E-state index contributed by atoms with van der Waals surface area (Å²) in [6.45, 7) is 4.92. The molecule has 7 aromatic carbocycles. The van der Waals surface area contributed by atoms with Gasteiger partial charge in [-0.15, -0.1) is 23.3 Å². The number of hydrogen-bond acceptors (Lipinski definition) is 6. The molecule has 2 N–H and O–H groups in total. The highest BCUT2D eigenvalue weighted by Crippen LogP contribution is 2.52. The summed E-state index contributed by atoms with van der Waals surface area (Å²) < 4.78 is 2.35. The molecule has 0 saturated heterocycles. The van der Waals surface area contributed by atoms with Crippen molar-refractivity contribution in [2.75, 3.05) is 4.90 Å². The lowest BCUT2D eigenvalue weighted by Crippen LogP contribution is -2.13. The Bertz CT molecular complexity index is 2890. The predicted octanol–water partition coefficient (Wildman–Crippen LogP) is 12.8. The van der Waals surface area contributed by atoms with Gasteiger partial charge in [0.05, 0.1) is 35.5 Å². The van der Waals surface area contributed by atoms with Gasteiger partial charge >= 0.3 is 0 Å². The molecule has 1 aliphatic heterocycles. The molecule has 0 atom stereocenters. The van der Waals surface area contributed by atoms with Crippen molar-refractivity contribution in [3.63, 3.8) is 0 Å². The largest absolute Gasteiger partial charge is 0.383 e. The Kier molecular flexibility index (Phi) is 12.0. The fourth-order valence-electron chi connectivity index (χ4n) is 7.79. The minimum atomic E-state index is 0.585. The van der Waals surface area contributed by atoms with Crippen molar-refractivity contribution in [2.45, 2.75) is 13.1 Å². The van der Waals surface area contributed by atoms with Gasteiger partial charge in [0.1, 0.15) is 5.84 Å². The highest BCUT2D eigenvalue weighted by molar-refractivity contribution is 8.59. The number of nitrogens with two attached hydrogens (primary N) is 1. The molecule has 0 amide bonds. The molecule has 0 spiro atoms. The highest BCUT2D eigenvalue weighted by Gasteiger charge is 2.27. The Hall–Kier alpha value is -6.87. The third kappa shape index (κ3) is 8.01. The summed E-state index contributed by atoms with van der Waals surface area (Å²) in [6, 6.07) is 63.4. The molecule has 0 radical (unpaired) electrons. The number of para-hydroxylation sites is 3. The number of aliphatic imine (C=N–C) groups is 2. The van der Waals surface area contributed by atoms with Crippen LogP contribution in [0.1, 0.15) is 16.7 Å². The molecule has 9 aromatic rings. The van der Waals surface area contributed by atoms with Crippen LogP contribution in [0.15, 0.2) is 204 Å². The molecule has 0 saturated carbocycles. The summed E-state index contributed by atoms with van der Waals surface area (Å²) in [5, 5.41) is 2.31. The number of rotatable bonds is 7. The SMILES string of the molecule is C=NCc1cccc(-n2c3ccncc3c3cc4c(cc32)-c2ccccc2N(c2ccccc2)c2ccccc2-4)c1.NC(=NCc1ccccc1)c1ccccc1.SS. The summed E-state index contributed by atoms with van der Waals surface area (Å²) >= 11 is 6.44. The first-order chi connectivity index (χ1) is 29.2. The van der Waals surface area contributed by atoms with Crippen molar-refractivity contribution in [3.05, 3.63) is 211 Å². The molecule has 3 heterocycles. The third-order valence-electron chi connectivity index (χ3n) is 10.4. The van der Waals surface area contributed by atoms with E-state index in [0.717, 1.165) is 50.3 Å². The Morgan fingerprint density at radius 3 is 1.80 bits per heavy atom. The minimum absolute atomic E-state index is 0.585. The van der Waals surface area contributed by atoms with Gasteiger partial charge < -0.3 is 15.2 Å². The number of hydrogen-bond donors (Lipinski definition) is 3. The second-order valence-corrected chi connectivity index (χ2v) is 14.0. The van der Waals surface area contributed by atoms with E-state index in [0.29, 0.717) is 18.9 Å². The first-order valence-corrected chi connectivity index (χ1v) is 20.8. The van der Waals surface area contributed by atoms with Gasteiger partial charge in [0.25, 0.3) is 0 Å². The van der Waals surface area contributed by atoms with Crippen LogP contribution in [0.25, 0.3) is 49.7 Å². The molecule has 0 fully saturated rings. The fourth-order valence-corrected chi connectivity index (χ4v) is 7.79. The monoisotopic (exact) mass is 802 g/mol. The summed E-state index contributed by atoms with van der Waals surface area (Å²) in [7, 11) is 0.